The smallest absolute Gasteiger partial charge is 0.258 e. The minimum absolute atomic E-state index is 0.0215. The molecule has 0 aliphatic rings. The van der Waals surface area contributed by atoms with Gasteiger partial charge in [0.1, 0.15) is 5.02 Å². The molecule has 0 aliphatic carbocycles. The zero-order valence-electron chi connectivity index (χ0n) is 9.94. The molecular formula is C10H13ClN2O4S. The van der Waals surface area contributed by atoms with Gasteiger partial charge in [0.05, 0.1) is 15.4 Å². The normalized spacial score (nSPS) is 11.6. The summed E-state index contributed by atoms with van der Waals surface area (Å²) in [6.45, 7) is 3.34. The van der Waals surface area contributed by atoms with Crippen molar-refractivity contribution in [1.29, 1.82) is 0 Å². The summed E-state index contributed by atoms with van der Waals surface area (Å²) in [6, 6.07) is 1.31. The third-order valence-corrected chi connectivity index (χ3v) is 4.00. The van der Waals surface area contributed by atoms with Gasteiger partial charge in [-0.1, -0.05) is 25.4 Å². The molecule has 0 amide bonds. The molecule has 0 bridgehead atoms. The molecule has 1 rings (SSSR count). The molecule has 18 heavy (non-hydrogen) atoms. The standard InChI is InChI=1S/C10H13ClN2O4S/c1-3-6-5-8(18(12,16)17)7(4-2)10(9(6)11)13(14)15/h5H,3-4H2,1-2H3,(H2,12,16,17). The van der Waals surface area contributed by atoms with Crippen molar-refractivity contribution in [2.45, 2.75) is 31.6 Å². The van der Waals surface area contributed by atoms with Crippen LogP contribution in [0.1, 0.15) is 25.0 Å². The molecule has 0 heterocycles. The topological polar surface area (TPSA) is 103 Å². The Morgan fingerprint density at radius 2 is 1.94 bits per heavy atom. The zero-order chi connectivity index (χ0) is 14.1. The molecule has 6 nitrogen and oxygen atoms in total. The number of hydrogen-bond donors (Lipinski definition) is 1. The SMILES string of the molecule is CCc1cc(S(N)(=O)=O)c(CC)c([N+](=O)[O-])c1Cl. The lowest BCUT2D eigenvalue weighted by Crippen LogP contribution is -2.16. The minimum atomic E-state index is -4.01. The maximum absolute atomic E-state index is 11.5. The van der Waals surface area contributed by atoms with Gasteiger partial charge in [-0.3, -0.25) is 10.1 Å². The van der Waals surface area contributed by atoms with Crippen molar-refractivity contribution in [1.82, 2.24) is 0 Å². The minimum Gasteiger partial charge on any atom is -0.258 e. The number of nitrogens with two attached hydrogens (primary N) is 1. The van der Waals surface area contributed by atoms with E-state index in [-0.39, 0.29) is 27.6 Å². The molecule has 0 fully saturated rings. The molecule has 0 atom stereocenters. The van der Waals surface area contributed by atoms with Gasteiger partial charge in [-0.05, 0) is 24.5 Å². The molecule has 0 spiro atoms. The van der Waals surface area contributed by atoms with Gasteiger partial charge < -0.3 is 0 Å². The number of rotatable bonds is 4. The van der Waals surface area contributed by atoms with E-state index in [9.17, 15) is 18.5 Å². The predicted molar refractivity (Wildman–Crippen MR) is 68.2 cm³/mol. The van der Waals surface area contributed by atoms with Gasteiger partial charge in [0.15, 0.2) is 0 Å². The number of sulfonamides is 1. The Kier molecular flexibility index (Phi) is 4.31. The van der Waals surface area contributed by atoms with Crippen LogP contribution in [-0.2, 0) is 22.9 Å². The van der Waals surface area contributed by atoms with Gasteiger partial charge in [-0.2, -0.15) is 0 Å². The van der Waals surface area contributed by atoms with Gasteiger partial charge in [0.25, 0.3) is 5.69 Å². The van der Waals surface area contributed by atoms with E-state index in [4.69, 9.17) is 16.7 Å². The lowest BCUT2D eigenvalue weighted by atomic mass is 10.1. The second-order valence-corrected chi connectivity index (χ2v) is 5.59. The summed E-state index contributed by atoms with van der Waals surface area (Å²) in [4.78, 5) is 10.1. The van der Waals surface area contributed by atoms with E-state index in [0.29, 0.717) is 12.0 Å². The van der Waals surface area contributed by atoms with Crippen molar-refractivity contribution < 1.29 is 13.3 Å². The van der Waals surface area contributed by atoms with Crippen molar-refractivity contribution in [3.8, 4) is 0 Å². The van der Waals surface area contributed by atoms with Crippen LogP contribution in [0.25, 0.3) is 0 Å². The highest BCUT2D eigenvalue weighted by atomic mass is 35.5. The molecule has 1 aromatic carbocycles. The number of primary sulfonamides is 1. The van der Waals surface area contributed by atoms with Gasteiger partial charge in [0.2, 0.25) is 10.0 Å². The van der Waals surface area contributed by atoms with Crippen LogP contribution in [0, 0.1) is 10.1 Å². The maximum atomic E-state index is 11.5. The van der Waals surface area contributed by atoms with Crippen molar-refractivity contribution in [2.75, 3.05) is 0 Å². The quantitative estimate of drug-likeness (QED) is 0.677. The maximum Gasteiger partial charge on any atom is 0.292 e. The van der Waals surface area contributed by atoms with Crippen molar-refractivity contribution in [3.05, 3.63) is 32.3 Å². The van der Waals surface area contributed by atoms with E-state index in [1.165, 1.54) is 6.07 Å². The molecule has 0 radical (unpaired) electrons. The second kappa shape index (κ2) is 5.21. The fraction of sp³-hybridized carbons (Fsp3) is 0.400. The largest absolute Gasteiger partial charge is 0.292 e. The van der Waals surface area contributed by atoms with Crippen LogP contribution in [0.3, 0.4) is 0 Å². The molecular weight excluding hydrogens is 280 g/mol. The summed E-state index contributed by atoms with van der Waals surface area (Å²) < 4.78 is 23.0. The molecule has 2 N–H and O–H groups in total. The number of hydrogen-bond acceptors (Lipinski definition) is 4. The van der Waals surface area contributed by atoms with Crippen molar-refractivity contribution in [2.24, 2.45) is 5.14 Å². The first-order valence-corrected chi connectivity index (χ1v) is 7.17. The van der Waals surface area contributed by atoms with Crippen LogP contribution in [-0.4, -0.2) is 13.3 Å². The third-order valence-electron chi connectivity index (χ3n) is 2.60. The Hall–Kier alpha value is -1.18. The molecule has 0 aliphatic heterocycles. The molecule has 100 valence electrons. The Balaban J connectivity index is 3.85. The van der Waals surface area contributed by atoms with Crippen molar-refractivity contribution in [3.63, 3.8) is 0 Å². The third kappa shape index (κ3) is 2.63. The Morgan fingerprint density at radius 1 is 1.39 bits per heavy atom. The molecule has 0 aromatic heterocycles. The molecule has 0 saturated heterocycles. The van der Waals surface area contributed by atoms with E-state index in [2.05, 4.69) is 0 Å². The summed E-state index contributed by atoms with van der Waals surface area (Å²) in [5.41, 5.74) is 0.0665. The van der Waals surface area contributed by atoms with Crippen LogP contribution in [0.5, 0.6) is 0 Å². The van der Waals surface area contributed by atoms with Crippen molar-refractivity contribution >= 4 is 27.3 Å². The van der Waals surface area contributed by atoms with Crippen LogP contribution < -0.4 is 5.14 Å². The second-order valence-electron chi connectivity index (χ2n) is 3.68. The lowest BCUT2D eigenvalue weighted by Gasteiger charge is -2.11. The van der Waals surface area contributed by atoms with E-state index < -0.39 is 14.9 Å². The van der Waals surface area contributed by atoms with E-state index >= 15 is 0 Å². The fourth-order valence-corrected chi connectivity index (χ4v) is 3.02. The van der Waals surface area contributed by atoms with Gasteiger partial charge >= 0.3 is 0 Å². The lowest BCUT2D eigenvalue weighted by molar-refractivity contribution is -0.385. The number of nitro groups is 1. The Labute approximate surface area is 110 Å². The molecule has 0 unspecified atom stereocenters. The first-order valence-electron chi connectivity index (χ1n) is 5.25. The number of halogens is 1. The first kappa shape index (κ1) is 14.9. The predicted octanol–water partition coefficient (Wildman–Crippen LogP) is 2.02. The highest BCUT2D eigenvalue weighted by Crippen LogP contribution is 2.36. The number of nitro benzene ring substituents is 1. The summed E-state index contributed by atoms with van der Waals surface area (Å²) in [6.07, 6.45) is 0.540. The van der Waals surface area contributed by atoms with E-state index in [1.807, 2.05) is 0 Å². The Bertz CT molecular complexity index is 598. The monoisotopic (exact) mass is 292 g/mol. The van der Waals surface area contributed by atoms with Crippen LogP contribution in [0.4, 0.5) is 5.69 Å². The van der Waals surface area contributed by atoms with Gasteiger partial charge in [-0.15, -0.1) is 0 Å². The average molecular weight is 293 g/mol. The number of benzene rings is 1. The highest BCUT2D eigenvalue weighted by Gasteiger charge is 2.28. The fourth-order valence-electron chi connectivity index (χ4n) is 1.75. The van der Waals surface area contributed by atoms with Crippen LogP contribution in [0.2, 0.25) is 5.02 Å². The summed E-state index contributed by atoms with van der Waals surface area (Å²) >= 11 is 5.93. The van der Waals surface area contributed by atoms with Gasteiger partial charge in [0, 0.05) is 0 Å². The first-order chi connectivity index (χ1) is 8.23. The van der Waals surface area contributed by atoms with Crippen LogP contribution >= 0.6 is 11.6 Å². The van der Waals surface area contributed by atoms with E-state index in [0.717, 1.165) is 0 Å². The van der Waals surface area contributed by atoms with E-state index in [1.54, 1.807) is 13.8 Å². The summed E-state index contributed by atoms with van der Waals surface area (Å²) in [5.74, 6) is 0. The zero-order valence-corrected chi connectivity index (χ0v) is 11.5. The van der Waals surface area contributed by atoms with Crippen LogP contribution in [0.15, 0.2) is 11.0 Å². The summed E-state index contributed by atoms with van der Waals surface area (Å²) in [5, 5.41) is 16.1. The average Bonchev–Trinajstić information content (AvgIpc) is 2.25. The molecule has 0 saturated carbocycles. The van der Waals surface area contributed by atoms with Gasteiger partial charge in [-0.25, -0.2) is 13.6 Å². The molecule has 8 heteroatoms. The Morgan fingerprint density at radius 3 is 2.28 bits per heavy atom. The molecule has 1 aromatic rings. The summed E-state index contributed by atoms with van der Waals surface area (Å²) in [7, 11) is -4.01. The number of nitrogens with zero attached hydrogens (tertiary/aromatic N) is 1. The highest BCUT2D eigenvalue weighted by molar-refractivity contribution is 7.89. The number of aryl methyl sites for hydroxylation is 1.